The molecule has 0 saturated carbocycles. The van der Waals surface area contributed by atoms with Gasteiger partial charge in [-0.25, -0.2) is 0 Å². The average molecular weight is 145 g/mol. The van der Waals surface area contributed by atoms with Crippen molar-refractivity contribution >= 4 is 0 Å². The molecule has 0 aromatic rings. The van der Waals surface area contributed by atoms with Crippen LogP contribution in [-0.4, -0.2) is 0 Å². The third kappa shape index (κ3) is 9.15. The molecule has 0 fully saturated rings. The van der Waals surface area contributed by atoms with Crippen LogP contribution in [0.25, 0.3) is 5.73 Å². The Balaban J connectivity index is 0. The number of rotatable bonds is 2. The fourth-order valence-corrected chi connectivity index (χ4v) is 0.184. The zero-order valence-electron chi connectivity index (χ0n) is 4.59. The van der Waals surface area contributed by atoms with Gasteiger partial charge in [0.1, 0.15) is 0 Å². The van der Waals surface area contributed by atoms with Gasteiger partial charge in [-0.15, -0.1) is 12.3 Å². The minimum absolute atomic E-state index is 0. The predicted molar refractivity (Wildman–Crippen MR) is 32.8 cm³/mol. The van der Waals surface area contributed by atoms with Gasteiger partial charge in [-0.2, -0.15) is 0 Å². The Bertz CT molecular complexity index is 105. The third-order valence-electron chi connectivity index (χ3n) is 0.433. The Morgan fingerprint density at radius 2 is 2.00 bits per heavy atom. The smallest absolute Gasteiger partial charge is 0 e. The molecule has 43 valence electrons. The summed E-state index contributed by atoms with van der Waals surface area (Å²) in [5.74, 6) is 0. The minimum Gasteiger partial charge on any atom is -0.699 e. The maximum Gasteiger partial charge on any atom is 0 e. The zero-order chi connectivity index (χ0) is 5.70. The van der Waals surface area contributed by atoms with Crippen molar-refractivity contribution in [1.82, 2.24) is 0 Å². The Morgan fingerprint density at radius 3 is 2.12 bits per heavy atom. The van der Waals surface area contributed by atoms with E-state index in [0.29, 0.717) is 5.70 Å². The predicted octanol–water partition coefficient (Wildman–Crippen LogP) is 2.29. The van der Waals surface area contributed by atoms with Crippen molar-refractivity contribution in [2.24, 2.45) is 0 Å². The molecule has 1 radical (unpaired) electrons. The Hall–Kier alpha value is -0.396. The second kappa shape index (κ2) is 6.60. The second-order valence-electron chi connectivity index (χ2n) is 1.12. The van der Waals surface area contributed by atoms with Gasteiger partial charge in [0.15, 0.2) is 0 Å². The summed E-state index contributed by atoms with van der Waals surface area (Å²) in [6, 6.07) is 0. The van der Waals surface area contributed by atoms with Gasteiger partial charge in [0.2, 0.25) is 0 Å². The molecule has 0 aliphatic heterocycles. The minimum atomic E-state index is 0. The third-order valence-corrected chi connectivity index (χ3v) is 0.433. The molecule has 0 bridgehead atoms. The first kappa shape index (κ1) is 10.6. The number of hydrogen-bond donors (Lipinski definition) is 0. The maximum absolute atomic E-state index is 6.75. The number of hydrogen-bond acceptors (Lipinski definition) is 0. The average Bonchev–Trinajstić information content (AvgIpc) is 1.61. The molecule has 1 nitrogen and oxygen atoms in total. The molecule has 0 aromatic carbocycles. The van der Waals surface area contributed by atoms with E-state index in [1.165, 1.54) is 0 Å². The van der Waals surface area contributed by atoms with Crippen LogP contribution in [0.5, 0.6) is 0 Å². The van der Waals surface area contributed by atoms with E-state index in [0.717, 1.165) is 0 Å². The van der Waals surface area contributed by atoms with E-state index < -0.39 is 0 Å². The molecule has 0 heterocycles. The van der Waals surface area contributed by atoms with E-state index in [1.54, 1.807) is 18.2 Å². The van der Waals surface area contributed by atoms with Gasteiger partial charge in [0.25, 0.3) is 0 Å². The van der Waals surface area contributed by atoms with Gasteiger partial charge < -0.3 is 5.73 Å². The molecular formula is C6H8NV-. The largest absolute Gasteiger partial charge is 0.699 e. The molecule has 0 spiro atoms. The van der Waals surface area contributed by atoms with Crippen LogP contribution in [0.2, 0.25) is 0 Å². The van der Waals surface area contributed by atoms with Crippen molar-refractivity contribution in [2.75, 3.05) is 0 Å². The molecule has 8 heavy (non-hydrogen) atoms. The quantitative estimate of drug-likeness (QED) is 0.532. The summed E-state index contributed by atoms with van der Waals surface area (Å²) in [6.45, 7) is 6.75. The van der Waals surface area contributed by atoms with E-state index in [4.69, 9.17) is 5.73 Å². The number of nitrogens with one attached hydrogen (secondary N) is 1. The first-order valence-corrected chi connectivity index (χ1v) is 1.97. The van der Waals surface area contributed by atoms with E-state index >= 15 is 0 Å². The molecule has 0 rings (SSSR count). The van der Waals surface area contributed by atoms with Gasteiger partial charge in [0, 0.05) is 18.6 Å². The van der Waals surface area contributed by atoms with E-state index in [9.17, 15) is 0 Å². The summed E-state index contributed by atoms with van der Waals surface area (Å²) >= 11 is 0. The summed E-state index contributed by atoms with van der Waals surface area (Å²) in [7, 11) is 0. The van der Waals surface area contributed by atoms with Crippen LogP contribution in [-0.2, 0) is 18.6 Å². The van der Waals surface area contributed by atoms with Crippen LogP contribution in [0.1, 0.15) is 0 Å². The zero-order valence-corrected chi connectivity index (χ0v) is 5.99. The van der Waals surface area contributed by atoms with Crippen LogP contribution in [0.15, 0.2) is 37.1 Å². The molecule has 0 unspecified atom stereocenters. The van der Waals surface area contributed by atoms with E-state index in [1.807, 2.05) is 0 Å². The molecule has 0 atom stereocenters. The van der Waals surface area contributed by atoms with Crippen LogP contribution in [0.4, 0.5) is 0 Å². The monoisotopic (exact) mass is 145 g/mol. The standard InChI is InChI=1S/C6H8N.V/c1-3-4-5-6(2)7;/h3-5,7H,1-2H2;/q-1;/b5-4-;. The van der Waals surface area contributed by atoms with Crippen molar-refractivity contribution in [1.29, 1.82) is 0 Å². The van der Waals surface area contributed by atoms with Gasteiger partial charge in [-0.05, 0) is 0 Å². The van der Waals surface area contributed by atoms with E-state index in [2.05, 4.69) is 13.2 Å². The summed E-state index contributed by atoms with van der Waals surface area (Å²) in [5.41, 5.74) is 7.06. The molecule has 0 amide bonds. The van der Waals surface area contributed by atoms with Crippen LogP contribution >= 0.6 is 0 Å². The molecular weight excluding hydrogens is 137 g/mol. The summed E-state index contributed by atoms with van der Waals surface area (Å²) in [6.07, 6.45) is 4.86. The van der Waals surface area contributed by atoms with Gasteiger partial charge in [0.05, 0.1) is 0 Å². The summed E-state index contributed by atoms with van der Waals surface area (Å²) in [5, 5.41) is 0. The molecule has 0 saturated heterocycles. The van der Waals surface area contributed by atoms with Gasteiger partial charge in [-0.3, -0.25) is 0 Å². The van der Waals surface area contributed by atoms with E-state index in [-0.39, 0.29) is 18.6 Å². The van der Waals surface area contributed by atoms with Gasteiger partial charge >= 0.3 is 0 Å². The number of allylic oxidation sites excluding steroid dienone is 3. The second-order valence-corrected chi connectivity index (χ2v) is 1.12. The van der Waals surface area contributed by atoms with Gasteiger partial charge in [-0.1, -0.05) is 24.8 Å². The SMILES string of the molecule is C=C/C=C\C(=C)[NH-].[V]. The fraction of sp³-hybridized carbons (Fsp3) is 0. The van der Waals surface area contributed by atoms with Crippen LogP contribution < -0.4 is 0 Å². The first-order chi connectivity index (χ1) is 3.27. The molecule has 1 N–H and O–H groups in total. The van der Waals surface area contributed by atoms with Crippen molar-refractivity contribution in [3.63, 3.8) is 0 Å². The van der Waals surface area contributed by atoms with Crippen molar-refractivity contribution in [3.05, 3.63) is 42.8 Å². The summed E-state index contributed by atoms with van der Waals surface area (Å²) < 4.78 is 0. The molecule has 0 aromatic heterocycles. The topological polar surface area (TPSA) is 23.8 Å². The molecule has 2 heteroatoms. The molecule has 0 aliphatic carbocycles. The van der Waals surface area contributed by atoms with Crippen molar-refractivity contribution in [3.8, 4) is 0 Å². The Kier molecular flexibility index (Phi) is 8.72. The molecule has 0 aliphatic rings. The van der Waals surface area contributed by atoms with Crippen LogP contribution in [0.3, 0.4) is 0 Å². The Morgan fingerprint density at radius 1 is 1.50 bits per heavy atom. The summed E-state index contributed by atoms with van der Waals surface area (Å²) in [4.78, 5) is 0. The van der Waals surface area contributed by atoms with Crippen molar-refractivity contribution in [2.45, 2.75) is 0 Å². The normalized spacial score (nSPS) is 8.00. The maximum atomic E-state index is 6.75. The fourth-order valence-electron chi connectivity index (χ4n) is 0.184. The Labute approximate surface area is 61.8 Å². The first-order valence-electron chi connectivity index (χ1n) is 1.97. The van der Waals surface area contributed by atoms with Crippen LogP contribution in [0, 0.1) is 0 Å². The van der Waals surface area contributed by atoms with Crippen molar-refractivity contribution < 1.29 is 18.6 Å².